The average Bonchev–Trinajstić information content (AvgIpc) is 2.55. The Labute approximate surface area is 133 Å². The molecule has 2 N–H and O–H groups in total. The third kappa shape index (κ3) is 4.92. The van der Waals surface area contributed by atoms with E-state index in [-0.39, 0.29) is 5.97 Å². The number of nitrogens with two attached hydrogens (primary N) is 1. The van der Waals surface area contributed by atoms with Crippen molar-refractivity contribution in [2.24, 2.45) is 0 Å². The summed E-state index contributed by atoms with van der Waals surface area (Å²) in [7, 11) is 1.39. The van der Waals surface area contributed by atoms with Gasteiger partial charge in [-0.3, -0.25) is 0 Å². The standard InChI is InChI=1S/C17H19NO2.C2H6/c1-12-11-16(18)10-9-14(12)6-3-13-4-7-15(8-5-13)17(19)20-2;1-2/h4-5,7-11H,3,6,18H2,1-2H3;1-2H3. The van der Waals surface area contributed by atoms with Gasteiger partial charge in [0.15, 0.2) is 0 Å². The molecular formula is C19H25NO2. The maximum Gasteiger partial charge on any atom is 0.337 e. The van der Waals surface area contributed by atoms with E-state index in [9.17, 15) is 4.79 Å². The summed E-state index contributed by atoms with van der Waals surface area (Å²) in [6.45, 7) is 6.08. The fraction of sp³-hybridized carbons (Fsp3) is 0.316. The van der Waals surface area contributed by atoms with Crippen LogP contribution in [0.1, 0.15) is 40.9 Å². The molecule has 0 bridgehead atoms. The molecule has 0 radical (unpaired) electrons. The summed E-state index contributed by atoms with van der Waals surface area (Å²) in [6, 6.07) is 13.6. The van der Waals surface area contributed by atoms with Crippen LogP contribution >= 0.6 is 0 Å². The Kier molecular flexibility index (Phi) is 7.17. The van der Waals surface area contributed by atoms with Crippen molar-refractivity contribution >= 4 is 11.7 Å². The molecule has 0 aromatic heterocycles. The third-order valence-corrected chi connectivity index (χ3v) is 3.42. The number of aryl methyl sites for hydroxylation is 3. The molecule has 0 aliphatic rings. The molecule has 0 heterocycles. The van der Waals surface area contributed by atoms with Crippen LogP contribution in [-0.4, -0.2) is 13.1 Å². The molecule has 0 amide bonds. The molecule has 22 heavy (non-hydrogen) atoms. The molecular weight excluding hydrogens is 274 g/mol. The monoisotopic (exact) mass is 299 g/mol. The molecule has 3 nitrogen and oxygen atoms in total. The van der Waals surface area contributed by atoms with E-state index in [1.807, 2.05) is 38.1 Å². The molecule has 0 aliphatic carbocycles. The summed E-state index contributed by atoms with van der Waals surface area (Å²) in [5.41, 5.74) is 10.9. The first-order valence-electron chi connectivity index (χ1n) is 7.62. The van der Waals surface area contributed by atoms with E-state index in [1.165, 1.54) is 23.8 Å². The second-order valence-corrected chi connectivity index (χ2v) is 4.87. The van der Waals surface area contributed by atoms with E-state index in [1.54, 1.807) is 12.1 Å². The lowest BCUT2D eigenvalue weighted by atomic mass is 9.99. The Morgan fingerprint density at radius 3 is 2.23 bits per heavy atom. The lowest BCUT2D eigenvalue weighted by Gasteiger charge is -2.07. The molecule has 0 spiro atoms. The number of carbonyl (C=O) groups is 1. The first kappa shape index (κ1) is 17.8. The fourth-order valence-corrected chi connectivity index (χ4v) is 2.20. The van der Waals surface area contributed by atoms with E-state index < -0.39 is 0 Å². The van der Waals surface area contributed by atoms with Crippen molar-refractivity contribution < 1.29 is 9.53 Å². The predicted molar refractivity (Wildman–Crippen MR) is 92.1 cm³/mol. The molecule has 0 atom stereocenters. The van der Waals surface area contributed by atoms with Crippen LogP contribution < -0.4 is 5.73 Å². The average molecular weight is 299 g/mol. The number of benzene rings is 2. The highest BCUT2D eigenvalue weighted by Crippen LogP contribution is 2.15. The number of carbonyl (C=O) groups excluding carboxylic acids is 1. The number of esters is 1. The van der Waals surface area contributed by atoms with Gasteiger partial charge in [0, 0.05) is 5.69 Å². The van der Waals surface area contributed by atoms with E-state index in [2.05, 4.69) is 17.7 Å². The first-order valence-corrected chi connectivity index (χ1v) is 7.62. The maximum absolute atomic E-state index is 11.3. The van der Waals surface area contributed by atoms with Gasteiger partial charge < -0.3 is 10.5 Å². The second kappa shape index (κ2) is 8.88. The summed E-state index contributed by atoms with van der Waals surface area (Å²) in [6.07, 6.45) is 1.90. The normalized spacial score (nSPS) is 9.64. The lowest BCUT2D eigenvalue weighted by molar-refractivity contribution is 0.0600. The zero-order chi connectivity index (χ0) is 16.5. The van der Waals surface area contributed by atoms with E-state index in [0.29, 0.717) is 5.56 Å². The van der Waals surface area contributed by atoms with Crippen LogP contribution in [0.2, 0.25) is 0 Å². The van der Waals surface area contributed by atoms with Gasteiger partial charge in [0.2, 0.25) is 0 Å². The number of methoxy groups -OCH3 is 1. The molecule has 2 aromatic carbocycles. The number of nitrogen functional groups attached to an aromatic ring is 1. The molecule has 2 rings (SSSR count). The lowest BCUT2D eigenvalue weighted by Crippen LogP contribution is -2.01. The molecule has 0 saturated heterocycles. The third-order valence-electron chi connectivity index (χ3n) is 3.42. The van der Waals surface area contributed by atoms with Gasteiger partial charge in [-0.2, -0.15) is 0 Å². The van der Waals surface area contributed by atoms with Crippen molar-refractivity contribution in [3.8, 4) is 0 Å². The summed E-state index contributed by atoms with van der Waals surface area (Å²) >= 11 is 0. The van der Waals surface area contributed by atoms with E-state index in [0.717, 1.165) is 18.5 Å². The molecule has 0 saturated carbocycles. The molecule has 0 aliphatic heterocycles. The van der Waals surface area contributed by atoms with Gasteiger partial charge in [-0.1, -0.05) is 32.0 Å². The quantitative estimate of drug-likeness (QED) is 0.681. The maximum atomic E-state index is 11.3. The van der Waals surface area contributed by atoms with Crippen LogP contribution in [0.3, 0.4) is 0 Å². The molecule has 0 unspecified atom stereocenters. The van der Waals surface area contributed by atoms with Crippen molar-refractivity contribution in [2.75, 3.05) is 12.8 Å². The van der Waals surface area contributed by atoms with Crippen LogP contribution in [0.4, 0.5) is 5.69 Å². The Hall–Kier alpha value is -2.29. The van der Waals surface area contributed by atoms with Gasteiger partial charge in [-0.25, -0.2) is 4.79 Å². The Morgan fingerprint density at radius 1 is 1.05 bits per heavy atom. The van der Waals surface area contributed by atoms with Crippen molar-refractivity contribution in [2.45, 2.75) is 33.6 Å². The first-order chi connectivity index (χ1) is 10.6. The number of anilines is 1. The minimum absolute atomic E-state index is 0.300. The van der Waals surface area contributed by atoms with Crippen molar-refractivity contribution in [1.29, 1.82) is 0 Å². The summed E-state index contributed by atoms with van der Waals surface area (Å²) in [5, 5.41) is 0. The SMILES string of the molecule is CC.COC(=O)c1ccc(CCc2ccc(N)cc2C)cc1. The van der Waals surface area contributed by atoms with E-state index in [4.69, 9.17) is 5.73 Å². The Balaban J connectivity index is 0.00000116. The van der Waals surface area contributed by atoms with Crippen molar-refractivity contribution in [1.82, 2.24) is 0 Å². The molecule has 2 aromatic rings. The topological polar surface area (TPSA) is 52.3 Å². The fourth-order valence-electron chi connectivity index (χ4n) is 2.20. The minimum Gasteiger partial charge on any atom is -0.465 e. The van der Waals surface area contributed by atoms with Gasteiger partial charge in [0.1, 0.15) is 0 Å². The van der Waals surface area contributed by atoms with Gasteiger partial charge >= 0.3 is 5.97 Å². The predicted octanol–water partition coefficient (Wildman–Crippen LogP) is 4.18. The van der Waals surface area contributed by atoms with Crippen molar-refractivity contribution in [3.63, 3.8) is 0 Å². The number of hydrogen-bond acceptors (Lipinski definition) is 3. The largest absolute Gasteiger partial charge is 0.465 e. The highest BCUT2D eigenvalue weighted by Gasteiger charge is 2.05. The summed E-state index contributed by atoms with van der Waals surface area (Å²) in [4.78, 5) is 11.3. The zero-order valence-corrected chi connectivity index (χ0v) is 13.8. The van der Waals surface area contributed by atoms with Gasteiger partial charge in [-0.05, 0) is 60.7 Å². The number of hydrogen-bond donors (Lipinski definition) is 1. The summed E-state index contributed by atoms with van der Waals surface area (Å²) in [5.74, 6) is -0.300. The van der Waals surface area contributed by atoms with Gasteiger partial charge in [0.25, 0.3) is 0 Å². The van der Waals surface area contributed by atoms with Crippen LogP contribution in [0.25, 0.3) is 0 Å². The van der Waals surface area contributed by atoms with Crippen LogP contribution in [0.15, 0.2) is 42.5 Å². The number of rotatable bonds is 4. The van der Waals surface area contributed by atoms with Crippen LogP contribution in [-0.2, 0) is 17.6 Å². The second-order valence-electron chi connectivity index (χ2n) is 4.87. The summed E-state index contributed by atoms with van der Waals surface area (Å²) < 4.78 is 4.68. The Morgan fingerprint density at radius 2 is 1.68 bits per heavy atom. The van der Waals surface area contributed by atoms with Gasteiger partial charge in [0.05, 0.1) is 12.7 Å². The van der Waals surface area contributed by atoms with Crippen LogP contribution in [0, 0.1) is 6.92 Å². The Bertz CT molecular complexity index is 603. The smallest absolute Gasteiger partial charge is 0.337 e. The van der Waals surface area contributed by atoms with Gasteiger partial charge in [-0.15, -0.1) is 0 Å². The minimum atomic E-state index is -0.300. The van der Waals surface area contributed by atoms with E-state index >= 15 is 0 Å². The zero-order valence-electron chi connectivity index (χ0n) is 13.8. The van der Waals surface area contributed by atoms with Crippen LogP contribution in [0.5, 0.6) is 0 Å². The number of ether oxygens (including phenoxy) is 1. The highest BCUT2D eigenvalue weighted by atomic mass is 16.5. The molecule has 3 heteroatoms. The highest BCUT2D eigenvalue weighted by molar-refractivity contribution is 5.89. The van der Waals surface area contributed by atoms with Crippen molar-refractivity contribution in [3.05, 3.63) is 64.7 Å². The molecule has 118 valence electrons. The molecule has 0 fully saturated rings.